The number of aromatic nitrogens is 4. The zero-order valence-electron chi connectivity index (χ0n) is 34.4. The van der Waals surface area contributed by atoms with Crippen LogP contribution in [0.2, 0.25) is 0 Å². The molecular weight excluding hydrogens is 745 g/mol. The highest BCUT2D eigenvalue weighted by Crippen LogP contribution is 2.34. The quantitative estimate of drug-likeness (QED) is 0.116. The van der Waals surface area contributed by atoms with Crippen molar-refractivity contribution in [2.24, 2.45) is 18.9 Å². The van der Waals surface area contributed by atoms with Crippen molar-refractivity contribution in [3.8, 4) is 22.6 Å². The topological polar surface area (TPSA) is 146 Å². The third-order valence-corrected chi connectivity index (χ3v) is 12.4. The Labute approximate surface area is 344 Å². The normalized spacial score (nSPS) is 19.6. The monoisotopic (exact) mass is 796 g/mol. The van der Waals surface area contributed by atoms with Gasteiger partial charge < -0.3 is 28.8 Å². The SMILES string of the molecule is Cc1cc(Cc2nc3cc(OC4CCC(C(=O)O)CC4)ccc3n2C(C)C)ccc1-c1ccc(C(=O)c2nc3cc(OC4CCC(C(=O)O)CC4)ccc3n2C)cc1C. The molecule has 0 spiro atoms. The van der Waals surface area contributed by atoms with Gasteiger partial charge in [0.05, 0.1) is 46.1 Å². The molecule has 8 rings (SSSR count). The van der Waals surface area contributed by atoms with Gasteiger partial charge in [-0.1, -0.05) is 30.3 Å². The summed E-state index contributed by atoms with van der Waals surface area (Å²) < 4.78 is 16.6. The number of carboxylic acids is 2. The zero-order valence-corrected chi connectivity index (χ0v) is 34.4. The first kappa shape index (κ1) is 39.8. The van der Waals surface area contributed by atoms with Gasteiger partial charge in [-0.05, 0) is 137 Å². The van der Waals surface area contributed by atoms with Gasteiger partial charge in [-0.25, -0.2) is 9.97 Å². The molecule has 2 heterocycles. The maximum absolute atomic E-state index is 13.9. The van der Waals surface area contributed by atoms with Crippen molar-refractivity contribution in [3.63, 3.8) is 0 Å². The molecule has 2 saturated carbocycles. The third kappa shape index (κ3) is 8.20. The van der Waals surface area contributed by atoms with E-state index < -0.39 is 11.9 Å². The molecule has 11 heteroatoms. The maximum atomic E-state index is 13.9. The van der Waals surface area contributed by atoms with Crippen LogP contribution in [-0.2, 0) is 23.1 Å². The van der Waals surface area contributed by atoms with Gasteiger partial charge in [-0.3, -0.25) is 14.4 Å². The summed E-state index contributed by atoms with van der Waals surface area (Å²) in [7, 11) is 1.85. The van der Waals surface area contributed by atoms with Gasteiger partial charge in [-0.15, -0.1) is 0 Å². The molecule has 0 amide bonds. The Bertz CT molecular complexity index is 2570. The van der Waals surface area contributed by atoms with Crippen molar-refractivity contribution in [1.29, 1.82) is 0 Å². The number of imidazole rings is 2. The fourth-order valence-corrected chi connectivity index (χ4v) is 9.16. The fraction of sp³-hybridized carbons (Fsp3) is 0.396. The first-order valence-corrected chi connectivity index (χ1v) is 20.8. The minimum absolute atomic E-state index is 0.0132. The second-order valence-corrected chi connectivity index (χ2v) is 16.8. The van der Waals surface area contributed by atoms with Crippen molar-refractivity contribution >= 4 is 39.8 Å². The molecule has 0 unspecified atom stereocenters. The largest absolute Gasteiger partial charge is 0.490 e. The van der Waals surface area contributed by atoms with E-state index in [4.69, 9.17) is 19.4 Å². The Morgan fingerprint density at radius 2 is 1.20 bits per heavy atom. The highest BCUT2D eigenvalue weighted by atomic mass is 16.5. The van der Waals surface area contributed by atoms with E-state index in [0.29, 0.717) is 67.6 Å². The number of rotatable bonds is 12. The number of nitrogens with zero attached hydrogens (tertiary/aromatic N) is 4. The standard InChI is InChI=1S/C48H52N4O7/c1-27(2)52-43-21-17-37(59-35-14-9-32(10-15-35)48(56)57)26-41(43)49-44(52)24-30-6-18-38(28(3)22-30)39-19-11-33(23-29(39)4)45(53)46-50-40-25-36(16-20-42(40)51(46)5)58-34-12-7-31(8-13-34)47(54)55/h6,11,16-23,25-27,31-32,34-35H,7-10,12-15,24H2,1-5H3,(H,54,55)(H,56,57). The molecule has 6 aromatic rings. The van der Waals surface area contributed by atoms with E-state index in [0.717, 1.165) is 68.8 Å². The van der Waals surface area contributed by atoms with Crippen molar-refractivity contribution in [2.45, 2.75) is 104 Å². The lowest BCUT2D eigenvalue weighted by molar-refractivity contribution is -0.144. The minimum Gasteiger partial charge on any atom is -0.490 e. The summed E-state index contributed by atoms with van der Waals surface area (Å²) in [6.45, 7) is 8.49. The second kappa shape index (κ2) is 16.4. The summed E-state index contributed by atoms with van der Waals surface area (Å²) in [6.07, 6.45) is 6.00. The van der Waals surface area contributed by atoms with E-state index in [9.17, 15) is 24.6 Å². The summed E-state index contributed by atoms with van der Waals surface area (Å²) in [5.41, 5.74) is 9.46. The lowest BCUT2D eigenvalue weighted by Crippen LogP contribution is -2.27. The summed E-state index contributed by atoms with van der Waals surface area (Å²) in [6, 6.07) is 24.3. The second-order valence-electron chi connectivity index (χ2n) is 16.8. The van der Waals surface area contributed by atoms with Crippen LogP contribution in [0, 0.1) is 25.7 Å². The van der Waals surface area contributed by atoms with Gasteiger partial charge in [0.25, 0.3) is 0 Å². The van der Waals surface area contributed by atoms with Gasteiger partial charge in [0, 0.05) is 37.2 Å². The molecule has 2 aromatic heterocycles. The van der Waals surface area contributed by atoms with Gasteiger partial charge in [0.1, 0.15) is 17.3 Å². The lowest BCUT2D eigenvalue weighted by atomic mass is 9.87. The van der Waals surface area contributed by atoms with E-state index in [-0.39, 0.29) is 35.9 Å². The number of ether oxygens (including phenoxy) is 2. The van der Waals surface area contributed by atoms with Crippen LogP contribution in [0.1, 0.15) is 110 Å². The number of ketones is 1. The minimum atomic E-state index is -0.736. The lowest BCUT2D eigenvalue weighted by Gasteiger charge is -2.26. The molecule has 4 aromatic carbocycles. The molecule has 0 atom stereocenters. The van der Waals surface area contributed by atoms with E-state index >= 15 is 0 Å². The first-order chi connectivity index (χ1) is 28.3. The summed E-state index contributed by atoms with van der Waals surface area (Å²) in [5, 5.41) is 18.7. The van der Waals surface area contributed by atoms with Gasteiger partial charge in [0.15, 0.2) is 5.82 Å². The Balaban J connectivity index is 0.960. The molecule has 306 valence electrons. The van der Waals surface area contributed by atoms with Crippen LogP contribution in [0.25, 0.3) is 33.2 Å². The zero-order chi connectivity index (χ0) is 41.5. The smallest absolute Gasteiger partial charge is 0.306 e. The summed E-state index contributed by atoms with van der Waals surface area (Å²) in [5.74, 6) is 0.583. The number of carboxylic acid groups (broad SMARTS) is 2. The van der Waals surface area contributed by atoms with Crippen LogP contribution in [0.15, 0.2) is 72.8 Å². The molecule has 11 nitrogen and oxygen atoms in total. The Hall–Kier alpha value is -5.97. The number of fused-ring (bicyclic) bond motifs is 2. The Kier molecular flexibility index (Phi) is 11.0. The molecule has 0 bridgehead atoms. The fourth-order valence-electron chi connectivity index (χ4n) is 9.16. The number of benzene rings is 4. The van der Waals surface area contributed by atoms with E-state index in [2.05, 4.69) is 49.6 Å². The molecule has 0 radical (unpaired) electrons. The van der Waals surface area contributed by atoms with Crippen molar-refractivity contribution < 1.29 is 34.1 Å². The number of aliphatic carboxylic acids is 2. The molecule has 2 fully saturated rings. The van der Waals surface area contributed by atoms with Crippen LogP contribution < -0.4 is 9.47 Å². The predicted octanol–water partition coefficient (Wildman–Crippen LogP) is 9.65. The van der Waals surface area contributed by atoms with Crippen LogP contribution >= 0.6 is 0 Å². The van der Waals surface area contributed by atoms with Crippen LogP contribution in [-0.4, -0.2) is 59.2 Å². The Morgan fingerprint density at radius 1 is 0.678 bits per heavy atom. The number of hydrogen-bond donors (Lipinski definition) is 2. The number of hydrogen-bond acceptors (Lipinski definition) is 7. The van der Waals surface area contributed by atoms with E-state index in [1.165, 1.54) is 0 Å². The molecule has 2 aliphatic rings. The molecule has 59 heavy (non-hydrogen) atoms. The van der Waals surface area contributed by atoms with Crippen LogP contribution in [0.4, 0.5) is 0 Å². The number of carbonyl (C=O) groups is 3. The van der Waals surface area contributed by atoms with Crippen LogP contribution in [0.5, 0.6) is 11.5 Å². The average molecular weight is 797 g/mol. The van der Waals surface area contributed by atoms with Gasteiger partial charge >= 0.3 is 11.9 Å². The van der Waals surface area contributed by atoms with Crippen molar-refractivity contribution in [3.05, 3.63) is 107 Å². The van der Waals surface area contributed by atoms with Crippen molar-refractivity contribution in [2.75, 3.05) is 0 Å². The third-order valence-electron chi connectivity index (χ3n) is 12.4. The van der Waals surface area contributed by atoms with E-state index in [1.54, 1.807) is 0 Å². The Morgan fingerprint density at radius 3 is 1.73 bits per heavy atom. The van der Waals surface area contributed by atoms with Crippen LogP contribution in [0.3, 0.4) is 0 Å². The molecule has 2 N–H and O–H groups in total. The number of aryl methyl sites for hydroxylation is 3. The average Bonchev–Trinajstić information content (AvgIpc) is 3.74. The molecule has 0 saturated heterocycles. The van der Waals surface area contributed by atoms with Gasteiger partial charge in [0.2, 0.25) is 5.78 Å². The predicted molar refractivity (Wildman–Crippen MR) is 226 cm³/mol. The first-order valence-electron chi connectivity index (χ1n) is 20.8. The van der Waals surface area contributed by atoms with Gasteiger partial charge in [-0.2, -0.15) is 0 Å². The molecule has 2 aliphatic carbocycles. The summed E-state index contributed by atoms with van der Waals surface area (Å²) >= 11 is 0. The van der Waals surface area contributed by atoms with Crippen molar-refractivity contribution in [1.82, 2.24) is 19.1 Å². The highest BCUT2D eigenvalue weighted by molar-refractivity contribution is 6.08. The van der Waals surface area contributed by atoms with E-state index in [1.807, 2.05) is 67.1 Å². The molecule has 0 aliphatic heterocycles. The molecular formula is C48H52N4O7. The number of carbonyl (C=O) groups excluding carboxylic acids is 1. The highest BCUT2D eigenvalue weighted by Gasteiger charge is 2.29. The summed E-state index contributed by atoms with van der Waals surface area (Å²) in [4.78, 5) is 46.5. The maximum Gasteiger partial charge on any atom is 0.306 e.